The van der Waals surface area contributed by atoms with E-state index in [1.54, 1.807) is 0 Å². The first-order valence-corrected chi connectivity index (χ1v) is 7.40. The van der Waals surface area contributed by atoms with E-state index in [-0.39, 0.29) is 17.9 Å². The van der Waals surface area contributed by atoms with Gasteiger partial charge < -0.3 is 11.1 Å². The van der Waals surface area contributed by atoms with Gasteiger partial charge in [0, 0.05) is 12.0 Å². The van der Waals surface area contributed by atoms with E-state index < -0.39 is 0 Å². The summed E-state index contributed by atoms with van der Waals surface area (Å²) in [6.07, 6.45) is 6.02. The summed E-state index contributed by atoms with van der Waals surface area (Å²) < 4.78 is 0. The minimum absolute atomic E-state index is 0.175. The van der Waals surface area contributed by atoms with Crippen LogP contribution in [0.25, 0.3) is 0 Å². The van der Waals surface area contributed by atoms with Gasteiger partial charge in [-0.3, -0.25) is 4.79 Å². The fourth-order valence-corrected chi connectivity index (χ4v) is 2.68. The topological polar surface area (TPSA) is 80.9 Å². The number of nitrogens with zero attached hydrogens (tertiary/aromatic N) is 2. The average Bonchev–Trinajstić information content (AvgIpc) is 2.38. The van der Waals surface area contributed by atoms with Gasteiger partial charge >= 0.3 is 0 Å². The molecule has 0 radical (unpaired) electrons. The van der Waals surface area contributed by atoms with Crippen LogP contribution in [0, 0.1) is 5.92 Å². The molecule has 1 aliphatic carbocycles. The summed E-state index contributed by atoms with van der Waals surface area (Å²) in [6, 6.07) is 0.239. The summed E-state index contributed by atoms with van der Waals surface area (Å²) >= 11 is 0. The van der Waals surface area contributed by atoms with Crippen LogP contribution in [0.2, 0.25) is 0 Å². The van der Waals surface area contributed by atoms with Crippen molar-refractivity contribution in [2.45, 2.75) is 58.4 Å². The third-order valence-electron chi connectivity index (χ3n) is 3.84. The number of nitrogens with two attached hydrogens (primary N) is 1. The summed E-state index contributed by atoms with van der Waals surface area (Å²) in [4.78, 5) is 20.8. The number of amides is 1. The van der Waals surface area contributed by atoms with Crippen molar-refractivity contribution >= 4 is 11.6 Å². The molecule has 2 unspecified atom stereocenters. The third-order valence-corrected chi connectivity index (χ3v) is 3.84. The molecule has 2 rings (SSSR count). The Morgan fingerprint density at radius 1 is 1.45 bits per heavy atom. The van der Waals surface area contributed by atoms with Crippen molar-refractivity contribution in [3.05, 3.63) is 17.7 Å². The van der Waals surface area contributed by atoms with Crippen LogP contribution in [0.1, 0.15) is 68.7 Å². The normalized spacial score (nSPS) is 22.8. The summed E-state index contributed by atoms with van der Waals surface area (Å²) in [6.45, 7) is 6.22. The Morgan fingerprint density at radius 3 is 2.85 bits per heavy atom. The Labute approximate surface area is 120 Å². The van der Waals surface area contributed by atoms with E-state index >= 15 is 0 Å². The van der Waals surface area contributed by atoms with Gasteiger partial charge in [0.2, 0.25) is 0 Å². The highest BCUT2D eigenvalue weighted by Crippen LogP contribution is 2.24. The second-order valence-electron chi connectivity index (χ2n) is 6.13. The molecule has 1 saturated carbocycles. The smallest absolute Gasteiger partial charge is 0.272 e. The van der Waals surface area contributed by atoms with E-state index in [4.69, 9.17) is 5.73 Å². The number of hydrogen-bond acceptors (Lipinski definition) is 4. The van der Waals surface area contributed by atoms with Crippen molar-refractivity contribution in [3.63, 3.8) is 0 Å². The molecule has 1 aromatic heterocycles. The van der Waals surface area contributed by atoms with Gasteiger partial charge in [0.25, 0.3) is 5.91 Å². The molecule has 0 bridgehead atoms. The van der Waals surface area contributed by atoms with E-state index in [1.807, 2.05) is 13.8 Å². The van der Waals surface area contributed by atoms with E-state index in [9.17, 15) is 4.79 Å². The Bertz CT molecular complexity index is 487. The van der Waals surface area contributed by atoms with Gasteiger partial charge in [-0.1, -0.05) is 33.6 Å². The predicted octanol–water partition coefficient (Wildman–Crippen LogP) is 2.49. The SMILES string of the molecule is CC1CCCC(NC(=O)c2nc(C(C)C)ncc2N)C1. The van der Waals surface area contributed by atoms with E-state index in [1.165, 1.54) is 19.0 Å². The summed E-state index contributed by atoms with van der Waals surface area (Å²) in [7, 11) is 0. The molecule has 1 heterocycles. The van der Waals surface area contributed by atoms with Crippen molar-refractivity contribution in [2.24, 2.45) is 5.92 Å². The molecule has 0 saturated heterocycles. The molecule has 5 nitrogen and oxygen atoms in total. The largest absolute Gasteiger partial charge is 0.396 e. The van der Waals surface area contributed by atoms with Crippen molar-refractivity contribution in [3.8, 4) is 0 Å². The summed E-state index contributed by atoms with van der Waals surface area (Å²) in [5.74, 6) is 1.33. The van der Waals surface area contributed by atoms with Gasteiger partial charge in [0.15, 0.2) is 5.69 Å². The molecule has 1 amide bonds. The zero-order valence-electron chi connectivity index (χ0n) is 12.5. The molecule has 110 valence electrons. The molecule has 5 heteroatoms. The number of carbonyl (C=O) groups is 1. The zero-order chi connectivity index (χ0) is 14.7. The molecule has 0 aliphatic heterocycles. The van der Waals surface area contributed by atoms with Crippen molar-refractivity contribution in [2.75, 3.05) is 5.73 Å². The fraction of sp³-hybridized carbons (Fsp3) is 0.667. The van der Waals surface area contributed by atoms with Crippen LogP contribution < -0.4 is 11.1 Å². The molecule has 2 atom stereocenters. The number of hydrogen-bond donors (Lipinski definition) is 2. The van der Waals surface area contributed by atoms with Crippen LogP contribution in [-0.4, -0.2) is 21.9 Å². The summed E-state index contributed by atoms with van der Waals surface area (Å²) in [5, 5.41) is 3.06. The Hall–Kier alpha value is -1.65. The Kier molecular flexibility index (Phi) is 4.57. The number of aromatic nitrogens is 2. The van der Waals surface area contributed by atoms with Crippen molar-refractivity contribution in [1.29, 1.82) is 0 Å². The fourth-order valence-electron chi connectivity index (χ4n) is 2.68. The van der Waals surface area contributed by atoms with Crippen molar-refractivity contribution < 1.29 is 4.79 Å². The average molecular weight is 276 g/mol. The molecule has 1 aliphatic rings. The monoisotopic (exact) mass is 276 g/mol. The maximum absolute atomic E-state index is 12.3. The number of anilines is 1. The molecular weight excluding hydrogens is 252 g/mol. The maximum Gasteiger partial charge on any atom is 0.272 e. The molecule has 1 fully saturated rings. The lowest BCUT2D eigenvalue weighted by atomic mass is 9.87. The number of nitrogen functional groups attached to an aromatic ring is 1. The van der Waals surface area contributed by atoms with E-state index in [2.05, 4.69) is 22.2 Å². The van der Waals surface area contributed by atoms with Crippen LogP contribution >= 0.6 is 0 Å². The molecule has 0 spiro atoms. The van der Waals surface area contributed by atoms with Gasteiger partial charge in [-0.25, -0.2) is 9.97 Å². The first kappa shape index (κ1) is 14.8. The first-order chi connectivity index (χ1) is 9.47. The summed E-state index contributed by atoms with van der Waals surface area (Å²) in [5.41, 5.74) is 6.49. The van der Waals surface area contributed by atoms with Gasteiger partial charge in [0.05, 0.1) is 11.9 Å². The molecule has 1 aromatic rings. The lowest BCUT2D eigenvalue weighted by Crippen LogP contribution is -2.38. The number of nitrogens with one attached hydrogen (secondary N) is 1. The van der Waals surface area contributed by atoms with Gasteiger partial charge in [-0.15, -0.1) is 0 Å². The zero-order valence-corrected chi connectivity index (χ0v) is 12.5. The van der Waals surface area contributed by atoms with Crippen LogP contribution in [0.4, 0.5) is 5.69 Å². The third kappa shape index (κ3) is 3.46. The van der Waals surface area contributed by atoms with Crippen LogP contribution in [0.15, 0.2) is 6.20 Å². The molecule has 20 heavy (non-hydrogen) atoms. The highest BCUT2D eigenvalue weighted by Gasteiger charge is 2.23. The minimum atomic E-state index is -0.175. The quantitative estimate of drug-likeness (QED) is 0.888. The van der Waals surface area contributed by atoms with Crippen molar-refractivity contribution in [1.82, 2.24) is 15.3 Å². The number of rotatable bonds is 3. The van der Waals surface area contributed by atoms with Crippen LogP contribution in [0.5, 0.6) is 0 Å². The lowest BCUT2D eigenvalue weighted by Gasteiger charge is -2.27. The Balaban J connectivity index is 2.10. The molecular formula is C15H24N4O. The van der Waals surface area contributed by atoms with Crippen LogP contribution in [-0.2, 0) is 0 Å². The highest BCUT2D eigenvalue weighted by molar-refractivity contribution is 5.97. The molecule has 0 aromatic carbocycles. The lowest BCUT2D eigenvalue weighted by molar-refractivity contribution is 0.0917. The maximum atomic E-state index is 12.3. The van der Waals surface area contributed by atoms with Gasteiger partial charge in [0.1, 0.15) is 5.82 Å². The highest BCUT2D eigenvalue weighted by atomic mass is 16.2. The standard InChI is InChI=1S/C15H24N4O/c1-9(2)14-17-8-12(16)13(19-14)15(20)18-11-6-4-5-10(3)7-11/h8-11H,4-7,16H2,1-3H3,(H,18,20). The molecule has 3 N–H and O–H groups in total. The first-order valence-electron chi connectivity index (χ1n) is 7.40. The second-order valence-corrected chi connectivity index (χ2v) is 6.13. The predicted molar refractivity (Wildman–Crippen MR) is 79.4 cm³/mol. The van der Waals surface area contributed by atoms with Crippen LogP contribution in [0.3, 0.4) is 0 Å². The van der Waals surface area contributed by atoms with E-state index in [0.29, 0.717) is 23.1 Å². The van der Waals surface area contributed by atoms with E-state index in [0.717, 1.165) is 12.8 Å². The second kappa shape index (κ2) is 6.20. The van der Waals surface area contributed by atoms with Gasteiger partial charge in [-0.2, -0.15) is 0 Å². The van der Waals surface area contributed by atoms with Gasteiger partial charge in [-0.05, 0) is 18.8 Å². The number of carbonyl (C=O) groups excluding carboxylic acids is 1. The Morgan fingerprint density at radius 2 is 2.20 bits per heavy atom. The minimum Gasteiger partial charge on any atom is -0.396 e.